The molecule has 1 N–H and O–H groups in total. The van der Waals surface area contributed by atoms with Crippen LogP contribution in [0.3, 0.4) is 0 Å². The van der Waals surface area contributed by atoms with E-state index in [2.05, 4.69) is 31.0 Å². The van der Waals surface area contributed by atoms with E-state index in [4.69, 9.17) is 4.74 Å². The van der Waals surface area contributed by atoms with Gasteiger partial charge in [0, 0.05) is 12.0 Å². The highest BCUT2D eigenvalue weighted by atomic mass is 16.5. The number of phenols is 1. The van der Waals surface area contributed by atoms with Crippen LogP contribution in [0.15, 0.2) is 36.4 Å². The molecule has 1 aromatic heterocycles. The summed E-state index contributed by atoms with van der Waals surface area (Å²) in [6.45, 7) is 6.17. The van der Waals surface area contributed by atoms with Gasteiger partial charge in [0.05, 0.1) is 0 Å². The number of hydrogen-bond acceptors (Lipinski definition) is 5. The van der Waals surface area contributed by atoms with Crippen molar-refractivity contribution in [2.75, 3.05) is 0 Å². The van der Waals surface area contributed by atoms with Gasteiger partial charge in [-0.05, 0) is 61.3 Å². The number of carbonyl (C=O) groups is 1. The summed E-state index contributed by atoms with van der Waals surface area (Å²) < 4.78 is 5.67. The van der Waals surface area contributed by atoms with Gasteiger partial charge in [0.2, 0.25) is 0 Å². The van der Waals surface area contributed by atoms with Crippen LogP contribution in [0.4, 0.5) is 0 Å². The number of aromatic nitrogens is 3. The summed E-state index contributed by atoms with van der Waals surface area (Å²) in [6, 6.07) is 11.5. The zero-order chi connectivity index (χ0) is 22.0. The molecule has 0 aliphatic heterocycles. The topological polar surface area (TPSA) is 77.2 Å². The molecular weight excluding hydrogens is 390 g/mol. The van der Waals surface area contributed by atoms with Crippen LogP contribution < -0.4 is 0 Å². The molecule has 1 fully saturated rings. The minimum absolute atomic E-state index is 0.0717. The Kier molecular flexibility index (Phi) is 5.99. The molecule has 3 aromatic rings. The molecule has 1 aliphatic rings. The second kappa shape index (κ2) is 8.69. The van der Waals surface area contributed by atoms with Crippen LogP contribution >= 0.6 is 0 Å². The van der Waals surface area contributed by atoms with Gasteiger partial charge < -0.3 is 9.84 Å². The van der Waals surface area contributed by atoms with E-state index < -0.39 is 0 Å². The molecule has 0 atom stereocenters. The highest BCUT2D eigenvalue weighted by molar-refractivity contribution is 5.74. The SMILES string of the molecule is CC(C)(C)c1cc(CCC(=O)OC2CCCCC2)cc(-n2nc3ccccc3n2)c1O. The van der Waals surface area contributed by atoms with Gasteiger partial charge in [-0.25, -0.2) is 0 Å². The molecule has 1 aliphatic carbocycles. The molecule has 0 radical (unpaired) electrons. The third-order valence-corrected chi connectivity index (χ3v) is 5.93. The van der Waals surface area contributed by atoms with E-state index in [1.807, 2.05) is 36.4 Å². The Bertz CT molecular complexity index is 1040. The number of phenolic OH excluding ortho intramolecular Hbond substituents is 1. The summed E-state index contributed by atoms with van der Waals surface area (Å²) in [6.07, 6.45) is 6.39. The summed E-state index contributed by atoms with van der Waals surface area (Å²) in [7, 11) is 0. The van der Waals surface area contributed by atoms with Crippen LogP contribution in [0.5, 0.6) is 5.75 Å². The van der Waals surface area contributed by atoms with Gasteiger partial charge in [-0.15, -0.1) is 15.0 Å². The second-order valence-electron chi connectivity index (χ2n) is 9.49. The zero-order valence-electron chi connectivity index (χ0n) is 18.6. The number of esters is 1. The van der Waals surface area contributed by atoms with Crippen LogP contribution in [0.1, 0.15) is 70.4 Å². The van der Waals surface area contributed by atoms with E-state index in [0.29, 0.717) is 18.5 Å². The molecule has 0 amide bonds. The highest BCUT2D eigenvalue weighted by Crippen LogP contribution is 2.36. The largest absolute Gasteiger partial charge is 0.505 e. The molecule has 164 valence electrons. The molecule has 4 rings (SSSR count). The number of aryl methyl sites for hydroxylation is 1. The normalized spacial score (nSPS) is 15.3. The van der Waals surface area contributed by atoms with Crippen molar-refractivity contribution in [1.29, 1.82) is 0 Å². The van der Waals surface area contributed by atoms with Crippen LogP contribution in [0, 0.1) is 0 Å². The summed E-state index contributed by atoms with van der Waals surface area (Å²) in [4.78, 5) is 13.9. The first-order valence-corrected chi connectivity index (χ1v) is 11.2. The van der Waals surface area contributed by atoms with E-state index in [1.54, 1.807) is 0 Å². The van der Waals surface area contributed by atoms with E-state index in [1.165, 1.54) is 11.2 Å². The molecule has 2 aromatic carbocycles. The van der Waals surface area contributed by atoms with Gasteiger partial charge in [0.25, 0.3) is 0 Å². The Morgan fingerprint density at radius 2 is 1.74 bits per heavy atom. The molecule has 31 heavy (non-hydrogen) atoms. The van der Waals surface area contributed by atoms with Gasteiger partial charge in [0.1, 0.15) is 28.6 Å². The lowest BCUT2D eigenvalue weighted by molar-refractivity contribution is -0.150. The van der Waals surface area contributed by atoms with Gasteiger partial charge in [-0.3, -0.25) is 4.79 Å². The fourth-order valence-corrected chi connectivity index (χ4v) is 4.19. The van der Waals surface area contributed by atoms with Crippen LogP contribution in [-0.4, -0.2) is 32.2 Å². The monoisotopic (exact) mass is 421 g/mol. The quantitative estimate of drug-likeness (QED) is 0.571. The van der Waals surface area contributed by atoms with Crippen molar-refractivity contribution >= 4 is 17.0 Å². The summed E-state index contributed by atoms with van der Waals surface area (Å²) in [5, 5.41) is 20.1. The number of nitrogens with zero attached hydrogens (tertiary/aromatic N) is 3. The third kappa shape index (κ3) is 4.89. The van der Waals surface area contributed by atoms with Crippen molar-refractivity contribution in [2.45, 2.75) is 77.2 Å². The molecule has 0 unspecified atom stereocenters. The average molecular weight is 422 g/mol. The number of fused-ring (bicyclic) bond motifs is 1. The smallest absolute Gasteiger partial charge is 0.306 e. The number of rotatable bonds is 5. The minimum atomic E-state index is -0.274. The summed E-state index contributed by atoms with van der Waals surface area (Å²) >= 11 is 0. The first-order valence-electron chi connectivity index (χ1n) is 11.2. The Morgan fingerprint density at radius 1 is 1.10 bits per heavy atom. The fourth-order valence-electron chi connectivity index (χ4n) is 4.19. The maximum atomic E-state index is 12.4. The Morgan fingerprint density at radius 3 is 2.35 bits per heavy atom. The first kappa shape index (κ1) is 21.3. The van der Waals surface area contributed by atoms with Gasteiger partial charge in [0.15, 0.2) is 0 Å². The van der Waals surface area contributed by atoms with Gasteiger partial charge >= 0.3 is 5.97 Å². The number of carbonyl (C=O) groups excluding carboxylic acids is 1. The van der Waals surface area contributed by atoms with Crippen molar-refractivity contribution < 1.29 is 14.6 Å². The maximum absolute atomic E-state index is 12.4. The second-order valence-corrected chi connectivity index (χ2v) is 9.49. The lowest BCUT2D eigenvalue weighted by Gasteiger charge is -2.23. The van der Waals surface area contributed by atoms with Crippen molar-refractivity contribution in [1.82, 2.24) is 15.0 Å². The van der Waals surface area contributed by atoms with Crippen LogP contribution in [0.25, 0.3) is 16.7 Å². The van der Waals surface area contributed by atoms with E-state index in [-0.39, 0.29) is 23.2 Å². The van der Waals surface area contributed by atoms with Crippen molar-refractivity contribution in [3.05, 3.63) is 47.5 Å². The van der Waals surface area contributed by atoms with E-state index >= 15 is 0 Å². The number of ether oxygens (including phenoxy) is 1. The maximum Gasteiger partial charge on any atom is 0.306 e. The standard InChI is InChI=1S/C25H31N3O3/c1-25(2,3)19-15-17(13-14-23(29)31-18-9-5-4-6-10-18)16-22(24(19)30)28-26-20-11-7-8-12-21(20)27-28/h7-8,11-12,15-16,18,30H,4-6,9-10,13-14H2,1-3H3. The van der Waals surface area contributed by atoms with Crippen LogP contribution in [-0.2, 0) is 21.4 Å². The van der Waals surface area contributed by atoms with Crippen molar-refractivity contribution in [3.63, 3.8) is 0 Å². The predicted molar refractivity (Wildman–Crippen MR) is 121 cm³/mol. The molecule has 1 saturated carbocycles. The van der Waals surface area contributed by atoms with Crippen molar-refractivity contribution in [2.24, 2.45) is 0 Å². The summed E-state index contributed by atoms with van der Waals surface area (Å²) in [5.41, 5.74) is 3.55. The third-order valence-electron chi connectivity index (χ3n) is 5.93. The summed E-state index contributed by atoms with van der Waals surface area (Å²) in [5.74, 6) is 0.0168. The molecule has 6 heteroatoms. The number of hydrogen-bond donors (Lipinski definition) is 1. The molecular formula is C25H31N3O3. The highest BCUT2D eigenvalue weighted by Gasteiger charge is 2.24. The van der Waals surface area contributed by atoms with E-state index in [0.717, 1.165) is 47.8 Å². The molecule has 1 heterocycles. The first-order chi connectivity index (χ1) is 14.8. The van der Waals surface area contributed by atoms with Gasteiger partial charge in [-0.2, -0.15) is 0 Å². The molecule has 0 saturated heterocycles. The van der Waals surface area contributed by atoms with Crippen LogP contribution in [0.2, 0.25) is 0 Å². The predicted octanol–water partition coefficient (Wildman–Crippen LogP) is 5.23. The molecule has 0 bridgehead atoms. The Labute approximate surface area is 183 Å². The lowest BCUT2D eigenvalue weighted by Crippen LogP contribution is -2.21. The number of benzene rings is 2. The van der Waals surface area contributed by atoms with Crippen molar-refractivity contribution in [3.8, 4) is 11.4 Å². The lowest BCUT2D eigenvalue weighted by atomic mass is 9.84. The minimum Gasteiger partial charge on any atom is -0.505 e. The van der Waals surface area contributed by atoms with Gasteiger partial charge in [-0.1, -0.05) is 45.4 Å². The Hall–Kier alpha value is -2.89. The zero-order valence-corrected chi connectivity index (χ0v) is 18.6. The number of aromatic hydroxyl groups is 1. The molecule has 6 nitrogen and oxygen atoms in total. The van der Waals surface area contributed by atoms with E-state index in [9.17, 15) is 9.90 Å². The fraction of sp³-hybridized carbons (Fsp3) is 0.480. The average Bonchev–Trinajstić information content (AvgIpc) is 3.17. The molecule has 0 spiro atoms. The Balaban J connectivity index is 1.60.